The van der Waals surface area contributed by atoms with Crippen LogP contribution in [0, 0.1) is 0 Å². The van der Waals surface area contributed by atoms with E-state index in [9.17, 15) is 4.79 Å². The van der Waals surface area contributed by atoms with E-state index >= 15 is 0 Å². The highest BCUT2D eigenvalue weighted by Gasteiger charge is 2.23. The average Bonchev–Trinajstić information content (AvgIpc) is 3.03. The zero-order chi connectivity index (χ0) is 15.4. The molecule has 2 aromatic heterocycles. The lowest BCUT2D eigenvalue weighted by atomic mass is 10.2. The number of nitrogens with zero attached hydrogens (tertiary/aromatic N) is 4. The topological polar surface area (TPSA) is 81.4 Å². The minimum absolute atomic E-state index is 0.0967. The summed E-state index contributed by atoms with van der Waals surface area (Å²) in [6, 6.07) is 3.75. The summed E-state index contributed by atoms with van der Waals surface area (Å²) in [5.41, 5.74) is 0.845. The summed E-state index contributed by atoms with van der Waals surface area (Å²) < 4.78 is 10.5. The Hall–Kier alpha value is -2.28. The first-order chi connectivity index (χ1) is 10.7. The number of hydrogen-bond donors (Lipinski definition) is 0. The van der Waals surface area contributed by atoms with Crippen molar-refractivity contribution in [3.63, 3.8) is 0 Å². The van der Waals surface area contributed by atoms with Crippen LogP contribution in [0.1, 0.15) is 19.2 Å². The number of aromatic nitrogens is 3. The molecule has 0 saturated carbocycles. The summed E-state index contributed by atoms with van der Waals surface area (Å²) in [6.07, 6.45) is 4.16. The minimum Gasteiger partial charge on any atom is -0.377 e. The molecule has 7 nitrogen and oxygen atoms in total. The van der Waals surface area contributed by atoms with Gasteiger partial charge in [0.05, 0.1) is 19.3 Å². The van der Waals surface area contributed by atoms with Crippen LogP contribution in [-0.2, 0) is 16.0 Å². The van der Waals surface area contributed by atoms with E-state index in [4.69, 9.17) is 9.26 Å². The van der Waals surface area contributed by atoms with Crippen molar-refractivity contribution in [2.75, 3.05) is 19.8 Å². The van der Waals surface area contributed by atoms with Crippen LogP contribution in [0.25, 0.3) is 11.4 Å². The Morgan fingerprint density at radius 3 is 3.00 bits per heavy atom. The fourth-order valence-electron chi connectivity index (χ4n) is 2.43. The molecule has 2 aromatic rings. The number of pyridine rings is 1. The van der Waals surface area contributed by atoms with Crippen molar-refractivity contribution in [3.05, 3.63) is 30.4 Å². The van der Waals surface area contributed by atoms with E-state index in [2.05, 4.69) is 15.1 Å². The summed E-state index contributed by atoms with van der Waals surface area (Å²) in [5.74, 6) is 1.09. The van der Waals surface area contributed by atoms with Gasteiger partial charge in [0.15, 0.2) is 0 Å². The molecule has 0 N–H and O–H groups in total. The molecular formula is C15H18N4O3. The van der Waals surface area contributed by atoms with Crippen molar-refractivity contribution in [3.8, 4) is 11.4 Å². The summed E-state index contributed by atoms with van der Waals surface area (Å²) in [7, 11) is 0. The second-order valence-electron chi connectivity index (χ2n) is 5.26. The summed E-state index contributed by atoms with van der Waals surface area (Å²) in [5, 5.41) is 3.93. The second kappa shape index (κ2) is 6.65. The smallest absolute Gasteiger partial charge is 0.227 e. The van der Waals surface area contributed by atoms with Gasteiger partial charge in [-0.1, -0.05) is 5.16 Å². The van der Waals surface area contributed by atoms with E-state index in [1.165, 1.54) is 0 Å². The molecule has 7 heteroatoms. The van der Waals surface area contributed by atoms with Crippen LogP contribution in [0.4, 0.5) is 0 Å². The second-order valence-corrected chi connectivity index (χ2v) is 5.26. The minimum atomic E-state index is 0.0967. The fraction of sp³-hybridized carbons (Fsp3) is 0.467. The van der Waals surface area contributed by atoms with Crippen LogP contribution in [-0.4, -0.2) is 51.7 Å². The third-order valence-corrected chi connectivity index (χ3v) is 3.65. The van der Waals surface area contributed by atoms with Gasteiger partial charge in [-0.25, -0.2) is 0 Å². The zero-order valence-corrected chi connectivity index (χ0v) is 12.4. The molecule has 3 rings (SSSR count). The van der Waals surface area contributed by atoms with E-state index in [0.29, 0.717) is 44.3 Å². The van der Waals surface area contributed by atoms with Gasteiger partial charge in [-0.3, -0.25) is 9.78 Å². The number of aryl methyl sites for hydroxylation is 1. The van der Waals surface area contributed by atoms with Gasteiger partial charge in [0.2, 0.25) is 17.6 Å². The molecule has 1 saturated heterocycles. The van der Waals surface area contributed by atoms with E-state index in [1.807, 2.05) is 24.0 Å². The molecule has 22 heavy (non-hydrogen) atoms. The molecule has 0 aliphatic carbocycles. The molecule has 1 fully saturated rings. The summed E-state index contributed by atoms with van der Waals surface area (Å²) in [6.45, 7) is 3.83. The molecule has 116 valence electrons. The Balaban J connectivity index is 1.58. The van der Waals surface area contributed by atoms with Crippen molar-refractivity contribution in [2.24, 2.45) is 0 Å². The lowest BCUT2D eigenvalue weighted by Gasteiger charge is -2.33. The molecule has 0 spiro atoms. The molecule has 1 amide bonds. The molecule has 1 aliphatic rings. The van der Waals surface area contributed by atoms with Crippen LogP contribution in [0.15, 0.2) is 29.0 Å². The zero-order valence-electron chi connectivity index (χ0n) is 12.4. The third-order valence-electron chi connectivity index (χ3n) is 3.65. The highest BCUT2D eigenvalue weighted by atomic mass is 16.5. The molecular weight excluding hydrogens is 284 g/mol. The quantitative estimate of drug-likeness (QED) is 0.847. The van der Waals surface area contributed by atoms with E-state index in [0.717, 1.165) is 5.56 Å². The first kappa shape index (κ1) is 14.6. The number of ether oxygens (including phenoxy) is 1. The van der Waals surface area contributed by atoms with Crippen LogP contribution in [0.5, 0.6) is 0 Å². The Labute approximate surface area is 128 Å². The monoisotopic (exact) mass is 302 g/mol. The van der Waals surface area contributed by atoms with Gasteiger partial charge in [-0.05, 0) is 19.1 Å². The predicted octanol–water partition coefficient (Wildman–Crippen LogP) is 1.31. The van der Waals surface area contributed by atoms with Gasteiger partial charge >= 0.3 is 0 Å². The van der Waals surface area contributed by atoms with Crippen molar-refractivity contribution >= 4 is 5.91 Å². The number of morpholine rings is 1. The van der Waals surface area contributed by atoms with E-state index in [-0.39, 0.29) is 11.9 Å². The average molecular weight is 302 g/mol. The maximum absolute atomic E-state index is 12.2. The Morgan fingerprint density at radius 2 is 2.23 bits per heavy atom. The van der Waals surface area contributed by atoms with Crippen molar-refractivity contribution in [1.29, 1.82) is 0 Å². The molecule has 0 bridgehead atoms. The van der Waals surface area contributed by atoms with Crippen molar-refractivity contribution < 1.29 is 14.1 Å². The molecule has 1 aliphatic heterocycles. The maximum Gasteiger partial charge on any atom is 0.227 e. The summed E-state index contributed by atoms with van der Waals surface area (Å²) >= 11 is 0. The number of carbonyl (C=O) groups excluding carboxylic acids is 1. The SMILES string of the molecule is CC1COCCN1C(=O)CCc1nc(-c2ccncc2)no1. The van der Waals surface area contributed by atoms with Crippen LogP contribution < -0.4 is 0 Å². The van der Waals surface area contributed by atoms with Gasteiger partial charge < -0.3 is 14.2 Å². The molecule has 0 radical (unpaired) electrons. The van der Waals surface area contributed by atoms with Gasteiger partial charge in [0.25, 0.3) is 0 Å². The fourth-order valence-corrected chi connectivity index (χ4v) is 2.43. The maximum atomic E-state index is 12.2. The van der Waals surface area contributed by atoms with Gasteiger partial charge in [0, 0.05) is 37.3 Å². The van der Waals surface area contributed by atoms with Gasteiger partial charge in [0.1, 0.15) is 0 Å². The van der Waals surface area contributed by atoms with Gasteiger partial charge in [-0.15, -0.1) is 0 Å². The highest BCUT2D eigenvalue weighted by molar-refractivity contribution is 5.76. The Morgan fingerprint density at radius 1 is 1.41 bits per heavy atom. The Bertz CT molecular complexity index is 629. The largest absolute Gasteiger partial charge is 0.377 e. The van der Waals surface area contributed by atoms with Crippen LogP contribution in [0.3, 0.4) is 0 Å². The van der Waals surface area contributed by atoms with Crippen molar-refractivity contribution in [1.82, 2.24) is 20.0 Å². The standard InChI is InChI=1S/C15H18N4O3/c1-11-10-21-9-8-19(11)14(20)3-2-13-17-15(18-22-13)12-4-6-16-7-5-12/h4-7,11H,2-3,8-10H2,1H3. The lowest BCUT2D eigenvalue weighted by molar-refractivity contribution is -0.139. The number of rotatable bonds is 4. The third kappa shape index (κ3) is 3.30. The van der Waals surface area contributed by atoms with Gasteiger partial charge in [-0.2, -0.15) is 4.98 Å². The molecule has 1 atom stereocenters. The molecule has 1 unspecified atom stereocenters. The molecule has 3 heterocycles. The normalized spacial score (nSPS) is 18.4. The highest BCUT2D eigenvalue weighted by Crippen LogP contribution is 2.15. The summed E-state index contributed by atoms with van der Waals surface area (Å²) in [4.78, 5) is 22.3. The Kier molecular flexibility index (Phi) is 4.43. The number of hydrogen-bond acceptors (Lipinski definition) is 6. The van der Waals surface area contributed by atoms with Crippen LogP contribution >= 0.6 is 0 Å². The molecule has 0 aromatic carbocycles. The van der Waals surface area contributed by atoms with Crippen molar-refractivity contribution in [2.45, 2.75) is 25.8 Å². The number of carbonyl (C=O) groups is 1. The predicted molar refractivity (Wildman–Crippen MR) is 77.8 cm³/mol. The first-order valence-electron chi connectivity index (χ1n) is 7.34. The van der Waals surface area contributed by atoms with Crippen LogP contribution in [0.2, 0.25) is 0 Å². The number of amides is 1. The van der Waals surface area contributed by atoms with E-state index in [1.54, 1.807) is 12.4 Å². The first-order valence-corrected chi connectivity index (χ1v) is 7.34. The van der Waals surface area contributed by atoms with E-state index < -0.39 is 0 Å². The lowest BCUT2D eigenvalue weighted by Crippen LogP contribution is -2.47.